The van der Waals surface area contributed by atoms with Crippen molar-refractivity contribution in [2.45, 2.75) is 226 Å². The molecule has 2 atom stereocenters. The summed E-state index contributed by atoms with van der Waals surface area (Å²) in [5, 5.41) is 9.51. The van der Waals surface area contributed by atoms with Crippen LogP contribution in [0, 0.1) is 5.92 Å². The third-order valence-corrected chi connectivity index (χ3v) is 9.44. The number of ether oxygens (including phenoxy) is 2. The van der Waals surface area contributed by atoms with Gasteiger partial charge in [0.05, 0.1) is 6.61 Å². The van der Waals surface area contributed by atoms with Crippen LogP contribution in [0.15, 0.2) is 0 Å². The van der Waals surface area contributed by atoms with Crippen molar-refractivity contribution in [2.75, 3.05) is 13.2 Å². The molecule has 1 unspecified atom stereocenters. The number of unbranched alkanes of at least 4 members (excludes halogenated alkanes) is 25. The molecule has 45 heavy (non-hydrogen) atoms. The van der Waals surface area contributed by atoms with Gasteiger partial charge in [-0.2, -0.15) is 0 Å². The van der Waals surface area contributed by atoms with Crippen LogP contribution < -0.4 is 0 Å². The summed E-state index contributed by atoms with van der Waals surface area (Å²) in [5.74, 6) is 0.335. The quantitative estimate of drug-likeness (QED) is 0.0546. The first-order valence-electron chi connectivity index (χ1n) is 20.0. The van der Waals surface area contributed by atoms with Crippen LogP contribution in [-0.4, -0.2) is 36.4 Å². The second-order valence-corrected chi connectivity index (χ2v) is 14.0. The number of hydrogen-bond donors (Lipinski definition) is 1. The third kappa shape index (κ3) is 34.1. The van der Waals surface area contributed by atoms with Crippen molar-refractivity contribution in [3.8, 4) is 0 Å². The van der Waals surface area contributed by atoms with Crippen LogP contribution in [0.25, 0.3) is 0 Å². The Morgan fingerprint density at radius 1 is 0.511 bits per heavy atom. The van der Waals surface area contributed by atoms with E-state index in [2.05, 4.69) is 20.8 Å². The molecule has 0 fully saturated rings. The van der Waals surface area contributed by atoms with Crippen molar-refractivity contribution in [2.24, 2.45) is 5.92 Å². The Morgan fingerprint density at radius 2 is 0.867 bits per heavy atom. The molecule has 0 aliphatic carbocycles. The van der Waals surface area contributed by atoms with Gasteiger partial charge in [0.2, 0.25) is 0 Å². The Morgan fingerprint density at radius 3 is 1.24 bits per heavy atom. The van der Waals surface area contributed by atoms with Gasteiger partial charge in [0.25, 0.3) is 0 Å². The van der Waals surface area contributed by atoms with Crippen molar-refractivity contribution < 1.29 is 24.2 Å². The molecule has 0 aromatic rings. The zero-order valence-corrected chi connectivity index (χ0v) is 30.6. The second-order valence-electron chi connectivity index (χ2n) is 14.0. The molecule has 0 bridgehead atoms. The predicted molar refractivity (Wildman–Crippen MR) is 192 cm³/mol. The van der Waals surface area contributed by atoms with Gasteiger partial charge in [0, 0.05) is 12.8 Å². The molecule has 5 nitrogen and oxygen atoms in total. The highest BCUT2D eigenvalue weighted by Gasteiger charge is 2.16. The third-order valence-electron chi connectivity index (χ3n) is 9.44. The Hall–Kier alpha value is -1.10. The Bertz CT molecular complexity index is 622. The molecule has 0 aromatic carbocycles. The maximum absolute atomic E-state index is 12.1. The molecular weight excluding hydrogens is 560 g/mol. The minimum Gasteiger partial charge on any atom is -0.462 e. The van der Waals surface area contributed by atoms with Crippen molar-refractivity contribution >= 4 is 11.9 Å². The minimum atomic E-state index is -0.760. The SMILES string of the molecule is CCCCCCCCCCCC(=O)O[C@@H](CO)COC(=O)CCCCCCCCCCCCCCCCCCCCC(C)CC. The predicted octanol–water partition coefficient (Wildman–Crippen LogP) is 12.2. The molecule has 0 amide bonds. The number of rotatable bonds is 36. The van der Waals surface area contributed by atoms with E-state index in [1.54, 1.807) is 0 Å². The molecular formula is C40H78O5. The minimum absolute atomic E-state index is 0.0580. The van der Waals surface area contributed by atoms with E-state index in [4.69, 9.17) is 9.47 Å². The lowest BCUT2D eigenvalue weighted by molar-refractivity contribution is -0.161. The van der Waals surface area contributed by atoms with Crippen molar-refractivity contribution in [3.63, 3.8) is 0 Å². The standard InChI is InChI=1S/C40H78O5/c1-4-6-7-8-9-20-25-28-31-34-40(43)45-38(35-41)36-44-39(42)33-30-27-24-22-19-17-15-13-11-10-12-14-16-18-21-23-26-29-32-37(3)5-2/h37-38,41H,4-36H2,1-3H3/t37?,38-/m0/s1. The number of carbonyl (C=O) groups is 2. The van der Waals surface area contributed by atoms with E-state index in [0.29, 0.717) is 12.8 Å². The normalized spacial score (nSPS) is 12.7. The second kappa shape index (κ2) is 35.7. The van der Waals surface area contributed by atoms with E-state index in [1.807, 2.05) is 0 Å². The maximum Gasteiger partial charge on any atom is 0.306 e. The molecule has 0 aromatic heterocycles. The molecule has 1 N–H and O–H groups in total. The summed E-state index contributed by atoms with van der Waals surface area (Å²) in [4.78, 5) is 24.1. The summed E-state index contributed by atoms with van der Waals surface area (Å²) in [5.41, 5.74) is 0. The number of hydrogen-bond acceptors (Lipinski definition) is 5. The molecule has 0 rings (SSSR count). The van der Waals surface area contributed by atoms with E-state index < -0.39 is 6.10 Å². The highest BCUT2D eigenvalue weighted by atomic mass is 16.6. The van der Waals surface area contributed by atoms with Gasteiger partial charge >= 0.3 is 11.9 Å². The van der Waals surface area contributed by atoms with Gasteiger partial charge in [-0.25, -0.2) is 0 Å². The van der Waals surface area contributed by atoms with Crippen molar-refractivity contribution in [1.29, 1.82) is 0 Å². The van der Waals surface area contributed by atoms with Crippen molar-refractivity contribution in [3.05, 3.63) is 0 Å². The lowest BCUT2D eigenvalue weighted by atomic mass is 9.99. The van der Waals surface area contributed by atoms with Crippen LogP contribution in [0.1, 0.15) is 220 Å². The highest BCUT2D eigenvalue weighted by molar-refractivity contribution is 5.70. The van der Waals surface area contributed by atoms with Crippen LogP contribution in [0.3, 0.4) is 0 Å². The van der Waals surface area contributed by atoms with Gasteiger partial charge in [-0.1, -0.05) is 194 Å². The maximum atomic E-state index is 12.1. The molecule has 0 radical (unpaired) electrons. The van der Waals surface area contributed by atoms with Crippen molar-refractivity contribution in [1.82, 2.24) is 0 Å². The zero-order chi connectivity index (χ0) is 33.1. The van der Waals surface area contributed by atoms with Gasteiger partial charge < -0.3 is 14.6 Å². The zero-order valence-electron chi connectivity index (χ0n) is 30.6. The van der Waals surface area contributed by atoms with Gasteiger partial charge in [0.1, 0.15) is 6.61 Å². The summed E-state index contributed by atoms with van der Waals surface area (Å²) in [6.45, 7) is 6.54. The van der Waals surface area contributed by atoms with E-state index >= 15 is 0 Å². The molecule has 5 heteroatoms. The summed E-state index contributed by atoms with van der Waals surface area (Å²) < 4.78 is 10.6. The Labute approximate surface area is 280 Å². The highest BCUT2D eigenvalue weighted by Crippen LogP contribution is 2.17. The van der Waals surface area contributed by atoms with Crippen LogP contribution in [-0.2, 0) is 19.1 Å². The molecule has 0 saturated heterocycles. The topological polar surface area (TPSA) is 72.8 Å². The number of esters is 2. The molecule has 268 valence electrons. The van der Waals surface area contributed by atoms with Gasteiger partial charge in [-0.05, 0) is 18.8 Å². The number of carbonyl (C=O) groups excluding carboxylic acids is 2. The Balaban J connectivity index is 3.43. The molecule has 0 aliphatic heterocycles. The van der Waals surface area contributed by atoms with Gasteiger partial charge in [-0.3, -0.25) is 9.59 Å². The lowest BCUT2D eigenvalue weighted by Crippen LogP contribution is -2.28. The summed E-state index contributed by atoms with van der Waals surface area (Å²) in [6.07, 6.45) is 37.4. The van der Waals surface area contributed by atoms with Crippen LogP contribution >= 0.6 is 0 Å². The monoisotopic (exact) mass is 639 g/mol. The van der Waals surface area contributed by atoms with E-state index in [0.717, 1.165) is 38.0 Å². The average molecular weight is 639 g/mol. The largest absolute Gasteiger partial charge is 0.462 e. The summed E-state index contributed by atoms with van der Waals surface area (Å²) in [7, 11) is 0. The van der Waals surface area contributed by atoms with Crippen LogP contribution in [0.2, 0.25) is 0 Å². The fraction of sp³-hybridized carbons (Fsp3) is 0.950. The summed E-state index contributed by atoms with van der Waals surface area (Å²) in [6, 6.07) is 0. The molecule has 0 saturated carbocycles. The molecule has 0 aliphatic rings. The number of aliphatic hydroxyl groups excluding tert-OH is 1. The summed E-state index contributed by atoms with van der Waals surface area (Å²) >= 11 is 0. The first-order chi connectivity index (χ1) is 22.0. The molecule has 0 heterocycles. The van der Waals surface area contributed by atoms with Crippen LogP contribution in [0.4, 0.5) is 0 Å². The Kier molecular flexibility index (Phi) is 34.9. The number of aliphatic hydroxyl groups is 1. The van der Waals surface area contributed by atoms with Gasteiger partial charge in [-0.15, -0.1) is 0 Å². The van der Waals surface area contributed by atoms with E-state index in [9.17, 15) is 14.7 Å². The first kappa shape index (κ1) is 43.9. The lowest BCUT2D eigenvalue weighted by Gasteiger charge is -2.15. The smallest absolute Gasteiger partial charge is 0.306 e. The fourth-order valence-corrected chi connectivity index (χ4v) is 6.00. The first-order valence-corrected chi connectivity index (χ1v) is 20.0. The van der Waals surface area contributed by atoms with Crippen LogP contribution in [0.5, 0.6) is 0 Å². The average Bonchev–Trinajstić information content (AvgIpc) is 3.04. The van der Waals surface area contributed by atoms with E-state index in [1.165, 1.54) is 154 Å². The fourth-order valence-electron chi connectivity index (χ4n) is 6.00. The van der Waals surface area contributed by atoms with E-state index in [-0.39, 0.29) is 25.2 Å². The van der Waals surface area contributed by atoms with Gasteiger partial charge in [0.15, 0.2) is 6.10 Å². The molecule has 0 spiro atoms.